The van der Waals surface area contributed by atoms with Crippen LogP contribution in [0.25, 0.3) is 0 Å². The lowest BCUT2D eigenvalue weighted by atomic mass is 10.0. The van der Waals surface area contributed by atoms with E-state index < -0.39 is 11.7 Å². The Labute approximate surface area is 125 Å². The smallest absolute Gasteiger partial charge is 0.350 e. The summed E-state index contributed by atoms with van der Waals surface area (Å²) in [6, 6.07) is 8.63. The summed E-state index contributed by atoms with van der Waals surface area (Å²) in [5, 5.41) is 2.81. The van der Waals surface area contributed by atoms with Crippen molar-refractivity contribution >= 4 is 5.91 Å². The van der Waals surface area contributed by atoms with E-state index in [0.717, 1.165) is 23.5 Å². The Morgan fingerprint density at radius 1 is 1.14 bits per heavy atom. The third-order valence-corrected chi connectivity index (χ3v) is 3.99. The van der Waals surface area contributed by atoms with Crippen LogP contribution in [0.1, 0.15) is 35.0 Å². The monoisotopic (exact) mass is 308 g/mol. The minimum atomic E-state index is -4.35. The molecule has 0 radical (unpaired) electrons. The maximum absolute atomic E-state index is 12.7. The highest BCUT2D eigenvalue weighted by atomic mass is 19.4. The minimum absolute atomic E-state index is 0.104. The standard InChI is InChI=1S/C16H15F3N2O/c1-10-2-7-13-9-20-15(22)8-14(21(10)13)11-3-5-12(6-4-11)16(17,18)19/h2-7,14H,8-9H2,1H3,(H,20,22). The summed E-state index contributed by atoms with van der Waals surface area (Å²) in [5.41, 5.74) is 1.95. The van der Waals surface area contributed by atoms with E-state index in [1.165, 1.54) is 12.1 Å². The number of nitrogens with one attached hydrogen (secondary N) is 1. The first-order valence-electron chi connectivity index (χ1n) is 6.97. The SMILES string of the molecule is Cc1ccc2n1C(c1ccc(C(F)(F)F)cc1)CC(=O)NC2. The van der Waals surface area contributed by atoms with Crippen LogP contribution in [0, 0.1) is 6.92 Å². The third-order valence-electron chi connectivity index (χ3n) is 3.99. The lowest BCUT2D eigenvalue weighted by Crippen LogP contribution is -2.21. The molecule has 0 bridgehead atoms. The summed E-state index contributed by atoms with van der Waals surface area (Å²) in [5.74, 6) is -0.104. The normalized spacial score (nSPS) is 18.5. The Bertz CT molecular complexity index is 701. The van der Waals surface area contributed by atoms with Crippen molar-refractivity contribution in [2.75, 3.05) is 0 Å². The highest BCUT2D eigenvalue weighted by molar-refractivity contribution is 5.77. The van der Waals surface area contributed by atoms with Crippen molar-refractivity contribution < 1.29 is 18.0 Å². The number of benzene rings is 1. The molecule has 2 aromatic rings. The van der Waals surface area contributed by atoms with E-state index in [2.05, 4.69) is 5.32 Å². The zero-order chi connectivity index (χ0) is 15.9. The van der Waals surface area contributed by atoms with E-state index >= 15 is 0 Å². The second-order valence-electron chi connectivity index (χ2n) is 5.45. The van der Waals surface area contributed by atoms with Crippen LogP contribution in [0.5, 0.6) is 0 Å². The topological polar surface area (TPSA) is 34.0 Å². The number of aryl methyl sites for hydroxylation is 1. The molecule has 22 heavy (non-hydrogen) atoms. The second-order valence-corrected chi connectivity index (χ2v) is 5.45. The fourth-order valence-electron chi connectivity index (χ4n) is 2.88. The molecule has 1 amide bonds. The van der Waals surface area contributed by atoms with Gasteiger partial charge in [-0.15, -0.1) is 0 Å². The second kappa shape index (κ2) is 5.19. The highest BCUT2D eigenvalue weighted by Crippen LogP contribution is 2.33. The van der Waals surface area contributed by atoms with Crippen molar-refractivity contribution in [3.63, 3.8) is 0 Å². The average molecular weight is 308 g/mol. The maximum atomic E-state index is 12.7. The summed E-state index contributed by atoms with van der Waals surface area (Å²) < 4.78 is 40.0. The van der Waals surface area contributed by atoms with Crippen LogP contribution in [0.15, 0.2) is 36.4 Å². The molecule has 1 aliphatic rings. The summed E-state index contributed by atoms with van der Waals surface area (Å²) in [6.07, 6.45) is -4.14. The van der Waals surface area contributed by atoms with Gasteiger partial charge in [-0.05, 0) is 36.8 Å². The van der Waals surface area contributed by atoms with Crippen molar-refractivity contribution in [3.8, 4) is 0 Å². The Hall–Kier alpha value is -2.24. The Kier molecular flexibility index (Phi) is 3.47. The van der Waals surface area contributed by atoms with Crippen LogP contribution in [0.3, 0.4) is 0 Å². The predicted molar refractivity (Wildman–Crippen MR) is 75.2 cm³/mol. The number of aromatic nitrogens is 1. The zero-order valence-corrected chi connectivity index (χ0v) is 11.9. The predicted octanol–water partition coefficient (Wildman–Crippen LogP) is 3.42. The van der Waals surface area contributed by atoms with Gasteiger partial charge in [0.25, 0.3) is 0 Å². The van der Waals surface area contributed by atoms with E-state index in [1.54, 1.807) is 0 Å². The van der Waals surface area contributed by atoms with Crippen LogP contribution < -0.4 is 5.32 Å². The first-order chi connectivity index (χ1) is 10.4. The quantitative estimate of drug-likeness (QED) is 0.860. The van der Waals surface area contributed by atoms with Crippen LogP contribution in [0.4, 0.5) is 13.2 Å². The van der Waals surface area contributed by atoms with Gasteiger partial charge in [-0.2, -0.15) is 13.2 Å². The van der Waals surface area contributed by atoms with Crippen molar-refractivity contribution in [1.82, 2.24) is 9.88 Å². The molecule has 1 unspecified atom stereocenters. The number of rotatable bonds is 1. The number of halogens is 3. The lowest BCUT2D eigenvalue weighted by molar-refractivity contribution is -0.137. The van der Waals surface area contributed by atoms with Crippen molar-refractivity contribution in [1.29, 1.82) is 0 Å². The van der Waals surface area contributed by atoms with Gasteiger partial charge in [0.05, 0.1) is 24.6 Å². The first kappa shape index (κ1) is 14.7. The van der Waals surface area contributed by atoms with E-state index in [4.69, 9.17) is 0 Å². The molecule has 0 aliphatic carbocycles. The van der Waals surface area contributed by atoms with Gasteiger partial charge in [0.15, 0.2) is 0 Å². The van der Waals surface area contributed by atoms with E-state index in [0.29, 0.717) is 12.1 Å². The number of alkyl halides is 3. The maximum Gasteiger partial charge on any atom is 0.416 e. The van der Waals surface area contributed by atoms with E-state index in [-0.39, 0.29) is 18.4 Å². The molecular formula is C16H15F3N2O. The Morgan fingerprint density at radius 3 is 2.45 bits per heavy atom. The van der Waals surface area contributed by atoms with Crippen LogP contribution >= 0.6 is 0 Å². The molecule has 1 N–H and O–H groups in total. The molecule has 0 fully saturated rings. The fraction of sp³-hybridized carbons (Fsp3) is 0.312. The van der Waals surface area contributed by atoms with Crippen molar-refractivity contribution in [3.05, 3.63) is 58.9 Å². The highest BCUT2D eigenvalue weighted by Gasteiger charge is 2.31. The van der Waals surface area contributed by atoms with E-state index in [9.17, 15) is 18.0 Å². The molecule has 2 heterocycles. The molecule has 3 nitrogen and oxygen atoms in total. The summed E-state index contributed by atoms with van der Waals surface area (Å²) >= 11 is 0. The van der Waals surface area contributed by atoms with Crippen molar-refractivity contribution in [2.45, 2.75) is 32.1 Å². The van der Waals surface area contributed by atoms with E-state index in [1.807, 2.05) is 23.6 Å². The largest absolute Gasteiger partial charge is 0.416 e. The molecule has 1 aliphatic heterocycles. The summed E-state index contributed by atoms with van der Waals surface area (Å²) in [4.78, 5) is 11.9. The van der Waals surface area contributed by atoms with Gasteiger partial charge in [-0.25, -0.2) is 0 Å². The Morgan fingerprint density at radius 2 is 1.82 bits per heavy atom. The number of amides is 1. The van der Waals surface area contributed by atoms with Gasteiger partial charge in [0.1, 0.15) is 0 Å². The third kappa shape index (κ3) is 2.61. The van der Waals surface area contributed by atoms with Crippen LogP contribution in [0.2, 0.25) is 0 Å². The molecule has 0 spiro atoms. The van der Waals surface area contributed by atoms with Gasteiger partial charge in [0.2, 0.25) is 5.91 Å². The number of hydrogen-bond donors (Lipinski definition) is 1. The fourth-order valence-corrected chi connectivity index (χ4v) is 2.88. The number of carbonyl (C=O) groups is 1. The van der Waals surface area contributed by atoms with Gasteiger partial charge in [-0.1, -0.05) is 12.1 Å². The minimum Gasteiger partial charge on any atom is -0.350 e. The first-order valence-corrected chi connectivity index (χ1v) is 6.97. The number of nitrogens with zero attached hydrogens (tertiary/aromatic N) is 1. The average Bonchev–Trinajstić information content (AvgIpc) is 2.73. The molecule has 1 atom stereocenters. The van der Waals surface area contributed by atoms with Crippen molar-refractivity contribution in [2.24, 2.45) is 0 Å². The number of hydrogen-bond acceptors (Lipinski definition) is 1. The van der Waals surface area contributed by atoms with Gasteiger partial charge in [-0.3, -0.25) is 4.79 Å². The molecule has 1 aromatic heterocycles. The zero-order valence-electron chi connectivity index (χ0n) is 11.9. The molecular weight excluding hydrogens is 293 g/mol. The lowest BCUT2D eigenvalue weighted by Gasteiger charge is -2.21. The number of carbonyl (C=O) groups excluding carboxylic acids is 1. The number of fused-ring (bicyclic) bond motifs is 1. The summed E-state index contributed by atoms with van der Waals surface area (Å²) in [6.45, 7) is 2.36. The van der Waals surface area contributed by atoms with Gasteiger partial charge in [0, 0.05) is 11.4 Å². The molecule has 0 saturated carbocycles. The molecule has 0 saturated heterocycles. The summed E-state index contributed by atoms with van der Waals surface area (Å²) in [7, 11) is 0. The molecule has 1 aromatic carbocycles. The van der Waals surface area contributed by atoms with Gasteiger partial charge < -0.3 is 9.88 Å². The molecule has 116 valence electrons. The molecule has 6 heteroatoms. The molecule has 3 rings (SSSR count). The van der Waals surface area contributed by atoms with Crippen LogP contribution in [-0.4, -0.2) is 10.5 Å². The Balaban J connectivity index is 2.02. The van der Waals surface area contributed by atoms with Crippen LogP contribution in [-0.2, 0) is 17.5 Å². The van der Waals surface area contributed by atoms with Gasteiger partial charge >= 0.3 is 6.18 Å².